The van der Waals surface area contributed by atoms with Gasteiger partial charge in [0.05, 0.1) is 11.2 Å². The molecule has 94 valence electrons. The monoisotopic (exact) mass is 259 g/mol. The predicted octanol–water partition coefficient (Wildman–Crippen LogP) is 3.12. The minimum atomic E-state index is 0.566. The zero-order chi connectivity index (χ0) is 12.4. The van der Waals surface area contributed by atoms with Crippen LogP contribution < -0.4 is 11.1 Å². The molecule has 0 spiro atoms. The summed E-state index contributed by atoms with van der Waals surface area (Å²) in [6, 6.07) is 8.57. The molecule has 1 aliphatic rings. The lowest BCUT2D eigenvalue weighted by Gasteiger charge is -2.24. The molecule has 2 heterocycles. The highest BCUT2D eigenvalue weighted by Gasteiger charge is 2.14. The molecule has 0 radical (unpaired) electrons. The van der Waals surface area contributed by atoms with E-state index in [1.165, 1.54) is 24.3 Å². The molecule has 1 atom stereocenters. The summed E-state index contributed by atoms with van der Waals surface area (Å²) < 4.78 is 0. The normalized spacial score (nSPS) is 19.9. The fraction of sp³-hybridized carbons (Fsp3) is 0.357. The van der Waals surface area contributed by atoms with Gasteiger partial charge < -0.3 is 11.1 Å². The molecule has 0 bridgehead atoms. The van der Waals surface area contributed by atoms with Crippen molar-refractivity contribution >= 4 is 34.0 Å². The minimum absolute atomic E-state index is 0.566. The average molecular weight is 259 g/mol. The lowest BCUT2D eigenvalue weighted by molar-refractivity contribution is 0.686. The molecule has 18 heavy (non-hydrogen) atoms. The van der Waals surface area contributed by atoms with E-state index in [0.29, 0.717) is 6.04 Å². The summed E-state index contributed by atoms with van der Waals surface area (Å²) in [4.78, 5) is 4.36. The highest BCUT2D eigenvalue weighted by molar-refractivity contribution is 7.99. The number of hydrogen-bond acceptors (Lipinski definition) is 4. The van der Waals surface area contributed by atoms with E-state index in [4.69, 9.17) is 5.73 Å². The van der Waals surface area contributed by atoms with Gasteiger partial charge in [-0.2, -0.15) is 11.8 Å². The lowest BCUT2D eigenvalue weighted by atomic mass is 10.1. The summed E-state index contributed by atoms with van der Waals surface area (Å²) in [6.45, 7) is 0. The number of nitrogens with one attached hydrogen (secondary N) is 1. The van der Waals surface area contributed by atoms with Crippen molar-refractivity contribution in [1.29, 1.82) is 0 Å². The minimum Gasteiger partial charge on any atom is -0.397 e. The Morgan fingerprint density at radius 2 is 2.28 bits per heavy atom. The Morgan fingerprint density at radius 1 is 1.33 bits per heavy atom. The van der Waals surface area contributed by atoms with Crippen molar-refractivity contribution in [3.8, 4) is 0 Å². The predicted molar refractivity (Wildman–Crippen MR) is 80.1 cm³/mol. The van der Waals surface area contributed by atoms with Gasteiger partial charge in [0, 0.05) is 29.1 Å². The first-order valence-corrected chi connectivity index (χ1v) is 7.47. The molecule has 3 N–H and O–H groups in total. The van der Waals surface area contributed by atoms with Gasteiger partial charge in [-0.3, -0.25) is 4.98 Å². The Labute approximate surface area is 111 Å². The number of fused-ring (bicyclic) bond motifs is 1. The van der Waals surface area contributed by atoms with Crippen LogP contribution in [-0.4, -0.2) is 22.5 Å². The van der Waals surface area contributed by atoms with Gasteiger partial charge in [0.1, 0.15) is 0 Å². The first-order chi connectivity index (χ1) is 8.84. The topological polar surface area (TPSA) is 50.9 Å². The van der Waals surface area contributed by atoms with Gasteiger partial charge in [-0.15, -0.1) is 0 Å². The summed E-state index contributed by atoms with van der Waals surface area (Å²) in [7, 11) is 0. The number of nitrogens with zero attached hydrogens (tertiary/aromatic N) is 1. The van der Waals surface area contributed by atoms with E-state index < -0.39 is 0 Å². The third-order valence-electron chi connectivity index (χ3n) is 3.32. The van der Waals surface area contributed by atoms with Crippen molar-refractivity contribution < 1.29 is 0 Å². The molecule has 1 saturated heterocycles. The summed E-state index contributed by atoms with van der Waals surface area (Å²) in [5.41, 5.74) is 8.76. The van der Waals surface area contributed by atoms with Gasteiger partial charge >= 0.3 is 0 Å². The van der Waals surface area contributed by atoms with Crippen LogP contribution in [0.1, 0.15) is 12.8 Å². The molecular weight excluding hydrogens is 242 g/mol. The molecule has 1 aromatic carbocycles. The number of rotatable bonds is 2. The number of nitrogen functional groups attached to an aromatic ring is 1. The summed E-state index contributed by atoms with van der Waals surface area (Å²) >= 11 is 2.03. The van der Waals surface area contributed by atoms with Gasteiger partial charge in [0.15, 0.2) is 0 Å². The maximum atomic E-state index is 5.96. The van der Waals surface area contributed by atoms with Gasteiger partial charge in [-0.1, -0.05) is 12.1 Å². The highest BCUT2D eigenvalue weighted by atomic mass is 32.2. The molecule has 0 saturated carbocycles. The quantitative estimate of drug-likeness (QED) is 0.814. The third-order valence-corrected chi connectivity index (χ3v) is 4.54. The zero-order valence-corrected chi connectivity index (χ0v) is 11.0. The molecule has 1 unspecified atom stereocenters. The molecule has 3 rings (SSSR count). The van der Waals surface area contributed by atoms with Crippen LogP contribution in [-0.2, 0) is 0 Å². The SMILES string of the molecule is Nc1cccc2c(NC3CCCSC3)ccnc12. The first-order valence-electron chi connectivity index (χ1n) is 6.32. The van der Waals surface area contributed by atoms with Crippen molar-refractivity contribution in [3.63, 3.8) is 0 Å². The standard InChI is InChI=1S/C14H17N3S/c15-12-5-1-4-11-13(6-7-16-14(11)12)17-10-3-2-8-18-9-10/h1,4-7,10H,2-3,8-9,15H2,(H,16,17). The largest absolute Gasteiger partial charge is 0.397 e. The van der Waals surface area contributed by atoms with Crippen molar-refractivity contribution in [3.05, 3.63) is 30.5 Å². The number of nitrogens with two attached hydrogens (primary N) is 1. The van der Waals surface area contributed by atoms with Crippen LogP contribution in [0.5, 0.6) is 0 Å². The number of pyridine rings is 1. The second-order valence-electron chi connectivity index (χ2n) is 4.66. The van der Waals surface area contributed by atoms with Gasteiger partial charge in [0.2, 0.25) is 0 Å². The van der Waals surface area contributed by atoms with Gasteiger partial charge in [0.25, 0.3) is 0 Å². The van der Waals surface area contributed by atoms with Crippen LogP contribution in [0, 0.1) is 0 Å². The van der Waals surface area contributed by atoms with E-state index in [1.807, 2.05) is 36.2 Å². The maximum Gasteiger partial charge on any atom is 0.0951 e. The van der Waals surface area contributed by atoms with Crippen molar-refractivity contribution in [2.45, 2.75) is 18.9 Å². The molecule has 1 fully saturated rings. The molecule has 3 nitrogen and oxygen atoms in total. The van der Waals surface area contributed by atoms with Crippen LogP contribution in [0.2, 0.25) is 0 Å². The van der Waals surface area contributed by atoms with E-state index in [1.54, 1.807) is 0 Å². The zero-order valence-electron chi connectivity index (χ0n) is 10.2. The molecule has 1 aliphatic heterocycles. The molecule has 0 aliphatic carbocycles. The van der Waals surface area contributed by atoms with E-state index in [9.17, 15) is 0 Å². The van der Waals surface area contributed by atoms with Crippen LogP contribution in [0.25, 0.3) is 10.9 Å². The summed E-state index contributed by atoms with van der Waals surface area (Å²) in [6.07, 6.45) is 4.38. The number of thioether (sulfide) groups is 1. The second kappa shape index (κ2) is 5.06. The van der Waals surface area contributed by atoms with E-state index in [0.717, 1.165) is 22.3 Å². The molecular formula is C14H17N3S. The third kappa shape index (κ3) is 2.25. The second-order valence-corrected chi connectivity index (χ2v) is 5.81. The summed E-state index contributed by atoms with van der Waals surface area (Å²) in [5, 5.41) is 4.75. The van der Waals surface area contributed by atoms with Crippen LogP contribution >= 0.6 is 11.8 Å². The van der Waals surface area contributed by atoms with E-state index in [2.05, 4.69) is 16.4 Å². The highest BCUT2D eigenvalue weighted by Crippen LogP contribution is 2.28. The Morgan fingerprint density at radius 3 is 3.11 bits per heavy atom. The number of anilines is 2. The molecule has 2 aromatic rings. The Balaban J connectivity index is 1.93. The fourth-order valence-corrected chi connectivity index (χ4v) is 3.47. The average Bonchev–Trinajstić information content (AvgIpc) is 2.41. The van der Waals surface area contributed by atoms with E-state index in [-0.39, 0.29) is 0 Å². The number of para-hydroxylation sites is 1. The Hall–Kier alpha value is -1.42. The molecule has 4 heteroatoms. The number of hydrogen-bond donors (Lipinski definition) is 2. The van der Waals surface area contributed by atoms with E-state index >= 15 is 0 Å². The first kappa shape index (κ1) is 11.7. The number of benzene rings is 1. The molecule has 0 amide bonds. The van der Waals surface area contributed by atoms with Crippen molar-refractivity contribution in [1.82, 2.24) is 4.98 Å². The van der Waals surface area contributed by atoms with Crippen molar-refractivity contribution in [2.24, 2.45) is 0 Å². The fourth-order valence-electron chi connectivity index (χ4n) is 2.40. The number of aromatic nitrogens is 1. The summed E-state index contributed by atoms with van der Waals surface area (Å²) in [5.74, 6) is 2.48. The van der Waals surface area contributed by atoms with Gasteiger partial charge in [-0.05, 0) is 30.7 Å². The Bertz CT molecular complexity index is 550. The molecule has 1 aromatic heterocycles. The maximum absolute atomic E-state index is 5.96. The van der Waals surface area contributed by atoms with Crippen molar-refractivity contribution in [2.75, 3.05) is 22.6 Å². The van der Waals surface area contributed by atoms with Crippen LogP contribution in [0.15, 0.2) is 30.5 Å². The van der Waals surface area contributed by atoms with Crippen LogP contribution in [0.4, 0.5) is 11.4 Å². The van der Waals surface area contributed by atoms with Crippen LogP contribution in [0.3, 0.4) is 0 Å². The smallest absolute Gasteiger partial charge is 0.0951 e. The lowest BCUT2D eigenvalue weighted by Crippen LogP contribution is -2.25. The van der Waals surface area contributed by atoms with Gasteiger partial charge in [-0.25, -0.2) is 0 Å². The Kier molecular flexibility index (Phi) is 3.28.